The largest absolute Gasteiger partial charge is 0.293 e. The summed E-state index contributed by atoms with van der Waals surface area (Å²) in [7, 11) is 0. The minimum absolute atomic E-state index is 0.161. The molecule has 0 aliphatic heterocycles. The molecule has 0 aliphatic carbocycles. The number of carbonyl (C=O) groups is 1. The topological polar surface area (TPSA) is 17.1 Å². The van der Waals surface area contributed by atoms with Gasteiger partial charge in [0.2, 0.25) is 0 Å². The van der Waals surface area contributed by atoms with Crippen molar-refractivity contribution in [2.24, 2.45) is 0 Å². The van der Waals surface area contributed by atoms with E-state index >= 15 is 0 Å². The molecule has 0 amide bonds. The second-order valence-corrected chi connectivity index (χ2v) is 6.02. The monoisotopic (exact) mass is 224 g/mol. The van der Waals surface area contributed by atoms with E-state index in [1.165, 1.54) is 4.88 Å². The quantitative estimate of drug-likeness (QED) is 0.692. The van der Waals surface area contributed by atoms with Crippen LogP contribution in [0.1, 0.15) is 61.5 Å². The Hall–Kier alpha value is -0.630. The van der Waals surface area contributed by atoms with Crippen LogP contribution >= 0.6 is 11.3 Å². The molecule has 0 atom stereocenters. The molecule has 15 heavy (non-hydrogen) atoms. The molecule has 1 nitrogen and oxygen atoms in total. The number of Topliss-reactive ketones (excluding diaryl/α,β-unsaturated/α-hetero) is 1. The Bertz CT molecular complexity index is 331. The molecule has 0 saturated heterocycles. The van der Waals surface area contributed by atoms with Gasteiger partial charge in [0.05, 0.1) is 4.88 Å². The zero-order valence-corrected chi connectivity index (χ0v) is 10.9. The summed E-state index contributed by atoms with van der Waals surface area (Å²) in [4.78, 5) is 14.0. The first-order valence-electron chi connectivity index (χ1n) is 5.58. The number of carbonyl (C=O) groups excluding carboxylic acids is 1. The van der Waals surface area contributed by atoms with Crippen molar-refractivity contribution in [3.05, 3.63) is 21.9 Å². The lowest BCUT2D eigenvalue weighted by molar-refractivity contribution is 0.0983. The highest BCUT2D eigenvalue weighted by atomic mass is 32.1. The van der Waals surface area contributed by atoms with Gasteiger partial charge in [0.25, 0.3) is 0 Å². The van der Waals surface area contributed by atoms with Gasteiger partial charge in [-0.2, -0.15) is 0 Å². The van der Waals surface area contributed by atoms with Crippen LogP contribution in [0.5, 0.6) is 0 Å². The summed E-state index contributed by atoms with van der Waals surface area (Å²) in [5, 5.41) is 0. The zero-order valence-electron chi connectivity index (χ0n) is 10.1. The highest BCUT2D eigenvalue weighted by Crippen LogP contribution is 2.30. The van der Waals surface area contributed by atoms with Crippen LogP contribution < -0.4 is 0 Å². The van der Waals surface area contributed by atoms with Gasteiger partial charge < -0.3 is 0 Å². The molecular formula is C13H20OS. The van der Waals surface area contributed by atoms with Gasteiger partial charge in [0.15, 0.2) is 5.78 Å². The second kappa shape index (κ2) is 4.93. The van der Waals surface area contributed by atoms with Crippen LogP contribution in [-0.4, -0.2) is 5.78 Å². The van der Waals surface area contributed by atoms with Crippen molar-refractivity contribution in [2.75, 3.05) is 0 Å². The van der Waals surface area contributed by atoms with E-state index in [-0.39, 0.29) is 5.41 Å². The first-order chi connectivity index (χ1) is 6.95. The van der Waals surface area contributed by atoms with Crippen LogP contribution in [0.25, 0.3) is 0 Å². The summed E-state index contributed by atoms with van der Waals surface area (Å²) in [5.74, 6) is 0.303. The minimum atomic E-state index is 0.161. The van der Waals surface area contributed by atoms with E-state index in [9.17, 15) is 4.79 Å². The van der Waals surface area contributed by atoms with Crippen molar-refractivity contribution in [1.29, 1.82) is 0 Å². The smallest absolute Gasteiger partial charge is 0.172 e. The summed E-state index contributed by atoms with van der Waals surface area (Å²) < 4.78 is 0. The van der Waals surface area contributed by atoms with Crippen LogP contribution in [0.4, 0.5) is 0 Å². The Kier molecular flexibility index (Phi) is 4.09. The third kappa shape index (κ3) is 3.45. The maximum Gasteiger partial charge on any atom is 0.172 e. The molecule has 0 saturated carbocycles. The maximum absolute atomic E-state index is 11.8. The van der Waals surface area contributed by atoms with E-state index in [0.717, 1.165) is 17.7 Å². The van der Waals surface area contributed by atoms with Gasteiger partial charge in [0.1, 0.15) is 0 Å². The molecule has 2 heteroatoms. The van der Waals surface area contributed by atoms with Crippen LogP contribution in [0, 0.1) is 0 Å². The third-order valence-electron chi connectivity index (χ3n) is 2.38. The Balaban J connectivity index is 2.72. The molecule has 0 aliphatic rings. The van der Waals surface area contributed by atoms with E-state index < -0.39 is 0 Å². The van der Waals surface area contributed by atoms with Crippen LogP contribution in [0.2, 0.25) is 0 Å². The van der Waals surface area contributed by atoms with Gasteiger partial charge in [0, 0.05) is 11.3 Å². The van der Waals surface area contributed by atoms with E-state index in [4.69, 9.17) is 0 Å². The van der Waals surface area contributed by atoms with Gasteiger partial charge in [-0.3, -0.25) is 4.79 Å². The normalized spacial score (nSPS) is 11.7. The molecule has 0 bridgehead atoms. The molecular weight excluding hydrogens is 204 g/mol. The summed E-state index contributed by atoms with van der Waals surface area (Å²) in [6.07, 6.45) is 2.78. The maximum atomic E-state index is 11.8. The summed E-state index contributed by atoms with van der Waals surface area (Å²) in [6, 6.07) is 4.06. The lowest BCUT2D eigenvalue weighted by Crippen LogP contribution is -2.07. The lowest BCUT2D eigenvalue weighted by atomic mass is 9.95. The van der Waals surface area contributed by atoms with Gasteiger partial charge >= 0.3 is 0 Å². The van der Waals surface area contributed by atoms with Crippen molar-refractivity contribution in [2.45, 2.75) is 52.4 Å². The molecule has 1 aromatic rings. The molecule has 0 spiro atoms. The number of hydrogen-bond acceptors (Lipinski definition) is 2. The Morgan fingerprint density at radius 3 is 2.47 bits per heavy atom. The molecule has 0 N–H and O–H groups in total. The summed E-state index contributed by atoms with van der Waals surface area (Å²) in [6.45, 7) is 8.65. The Morgan fingerprint density at radius 2 is 2.00 bits per heavy atom. The average Bonchev–Trinajstić information content (AvgIpc) is 2.62. The predicted octanol–water partition coefficient (Wildman–Crippen LogP) is 4.42. The first kappa shape index (κ1) is 12.4. The summed E-state index contributed by atoms with van der Waals surface area (Å²) >= 11 is 1.65. The van der Waals surface area contributed by atoms with E-state index in [0.29, 0.717) is 12.2 Å². The Morgan fingerprint density at radius 1 is 1.33 bits per heavy atom. The molecule has 0 unspecified atom stereocenters. The van der Waals surface area contributed by atoms with Crippen LogP contribution in [0.3, 0.4) is 0 Å². The van der Waals surface area contributed by atoms with Gasteiger partial charge in [-0.05, 0) is 24.0 Å². The zero-order chi connectivity index (χ0) is 11.5. The first-order valence-corrected chi connectivity index (χ1v) is 6.40. The fourth-order valence-corrected chi connectivity index (χ4v) is 2.38. The van der Waals surface area contributed by atoms with Crippen LogP contribution in [0.15, 0.2) is 12.1 Å². The number of thiophene rings is 1. The molecule has 1 aromatic heterocycles. The molecule has 0 fully saturated rings. The second-order valence-electron chi connectivity index (χ2n) is 4.94. The highest BCUT2D eigenvalue weighted by molar-refractivity contribution is 7.14. The molecule has 0 aromatic carbocycles. The van der Waals surface area contributed by atoms with Gasteiger partial charge in [-0.15, -0.1) is 11.3 Å². The number of rotatable bonds is 4. The highest BCUT2D eigenvalue weighted by Gasteiger charge is 2.17. The SMILES string of the molecule is CCCCC(=O)c1ccc(C(C)(C)C)s1. The number of unbranched alkanes of at least 4 members (excludes halogenated alkanes) is 1. The third-order valence-corrected chi connectivity index (χ3v) is 3.93. The van der Waals surface area contributed by atoms with Crippen molar-refractivity contribution < 1.29 is 4.79 Å². The number of ketones is 1. The van der Waals surface area contributed by atoms with E-state index in [1.54, 1.807) is 11.3 Å². The van der Waals surface area contributed by atoms with Crippen molar-refractivity contribution >= 4 is 17.1 Å². The molecule has 0 radical (unpaired) electrons. The lowest BCUT2D eigenvalue weighted by Gasteiger charge is -2.15. The van der Waals surface area contributed by atoms with Crippen molar-refractivity contribution in [1.82, 2.24) is 0 Å². The fraction of sp³-hybridized carbons (Fsp3) is 0.615. The van der Waals surface area contributed by atoms with E-state index in [1.807, 2.05) is 6.07 Å². The van der Waals surface area contributed by atoms with Gasteiger partial charge in [-0.1, -0.05) is 34.1 Å². The standard InChI is InChI=1S/C13H20OS/c1-5-6-7-10(14)11-8-9-12(15-11)13(2,3)4/h8-9H,5-7H2,1-4H3. The molecule has 1 heterocycles. The van der Waals surface area contributed by atoms with Crippen molar-refractivity contribution in [3.63, 3.8) is 0 Å². The van der Waals surface area contributed by atoms with Crippen molar-refractivity contribution in [3.8, 4) is 0 Å². The van der Waals surface area contributed by atoms with Gasteiger partial charge in [-0.25, -0.2) is 0 Å². The van der Waals surface area contributed by atoms with Crippen LogP contribution in [-0.2, 0) is 5.41 Å². The predicted molar refractivity (Wildman–Crippen MR) is 66.9 cm³/mol. The Labute approximate surface area is 96.5 Å². The molecule has 1 rings (SSSR count). The van der Waals surface area contributed by atoms with E-state index in [2.05, 4.69) is 33.8 Å². The summed E-state index contributed by atoms with van der Waals surface area (Å²) in [5.41, 5.74) is 0.161. The average molecular weight is 224 g/mol. The fourth-order valence-electron chi connectivity index (χ4n) is 1.35. The number of hydrogen-bond donors (Lipinski definition) is 0. The molecule has 84 valence electrons. The minimum Gasteiger partial charge on any atom is -0.293 e.